The van der Waals surface area contributed by atoms with Crippen molar-refractivity contribution in [2.75, 3.05) is 13.7 Å². The highest BCUT2D eigenvalue weighted by Gasteiger charge is 2.38. The lowest BCUT2D eigenvalue weighted by atomic mass is 9.81. The Balaban J connectivity index is 3.48. The van der Waals surface area contributed by atoms with Gasteiger partial charge in [0.1, 0.15) is 5.75 Å². The van der Waals surface area contributed by atoms with Crippen molar-refractivity contribution in [3.05, 3.63) is 28.8 Å². The number of alkyl halides is 1. The lowest BCUT2D eigenvalue weighted by Gasteiger charge is -2.31. The van der Waals surface area contributed by atoms with E-state index in [-0.39, 0.29) is 12.5 Å². The molecule has 0 saturated carbocycles. The highest BCUT2D eigenvalue weighted by Crippen LogP contribution is 2.41. The van der Waals surface area contributed by atoms with Gasteiger partial charge in [-0.2, -0.15) is 0 Å². The second kappa shape index (κ2) is 5.05. The van der Waals surface area contributed by atoms with Crippen LogP contribution in [0.25, 0.3) is 0 Å². The summed E-state index contributed by atoms with van der Waals surface area (Å²) in [5, 5.41) is 0. The number of benzene rings is 1. The number of rotatable bonds is 4. The number of nitrogens with two attached hydrogens (primary N) is 1. The minimum absolute atomic E-state index is 0.0368. The van der Waals surface area contributed by atoms with E-state index >= 15 is 4.39 Å². The van der Waals surface area contributed by atoms with Crippen LogP contribution in [0.1, 0.15) is 30.5 Å². The van der Waals surface area contributed by atoms with E-state index < -0.39 is 5.67 Å². The van der Waals surface area contributed by atoms with E-state index in [1.54, 1.807) is 7.11 Å². The maximum atomic E-state index is 15.0. The Labute approximate surface area is 103 Å². The molecule has 2 N–H and O–H groups in total. The number of aryl methyl sites for hydroxylation is 2. The Morgan fingerprint density at radius 1 is 1.35 bits per heavy atom. The lowest BCUT2D eigenvalue weighted by molar-refractivity contribution is 0.104. The molecule has 1 unspecified atom stereocenters. The molecule has 96 valence electrons. The van der Waals surface area contributed by atoms with Crippen LogP contribution in [-0.2, 0) is 5.67 Å². The first-order chi connectivity index (χ1) is 7.86. The summed E-state index contributed by atoms with van der Waals surface area (Å²) >= 11 is 0. The van der Waals surface area contributed by atoms with E-state index in [4.69, 9.17) is 10.5 Å². The van der Waals surface area contributed by atoms with E-state index in [0.29, 0.717) is 11.3 Å². The van der Waals surface area contributed by atoms with Gasteiger partial charge < -0.3 is 10.5 Å². The maximum Gasteiger partial charge on any atom is 0.154 e. The van der Waals surface area contributed by atoms with Crippen LogP contribution in [-0.4, -0.2) is 13.7 Å². The molecule has 3 heteroatoms. The van der Waals surface area contributed by atoms with Crippen molar-refractivity contribution < 1.29 is 9.13 Å². The Morgan fingerprint density at radius 2 is 1.94 bits per heavy atom. The van der Waals surface area contributed by atoms with Gasteiger partial charge in [-0.25, -0.2) is 4.39 Å². The second-order valence-electron chi connectivity index (χ2n) is 4.88. The average Bonchev–Trinajstić information content (AvgIpc) is 2.26. The van der Waals surface area contributed by atoms with Crippen LogP contribution in [0, 0.1) is 19.8 Å². The Morgan fingerprint density at radius 3 is 2.35 bits per heavy atom. The van der Waals surface area contributed by atoms with Gasteiger partial charge in [-0.3, -0.25) is 0 Å². The molecule has 0 aliphatic rings. The topological polar surface area (TPSA) is 35.2 Å². The SMILES string of the molecule is COc1cc(C)cc(C)c1C(F)(CN)C(C)C. The number of hydrogen-bond donors (Lipinski definition) is 1. The van der Waals surface area contributed by atoms with E-state index in [9.17, 15) is 0 Å². The van der Waals surface area contributed by atoms with Crippen LogP contribution >= 0.6 is 0 Å². The summed E-state index contributed by atoms with van der Waals surface area (Å²) in [7, 11) is 1.56. The molecule has 17 heavy (non-hydrogen) atoms. The number of ether oxygens (including phenoxy) is 1. The lowest BCUT2D eigenvalue weighted by Crippen LogP contribution is -2.36. The quantitative estimate of drug-likeness (QED) is 0.876. The van der Waals surface area contributed by atoms with Gasteiger partial charge in [-0.05, 0) is 37.0 Å². The van der Waals surface area contributed by atoms with Gasteiger partial charge in [-0.1, -0.05) is 19.9 Å². The smallest absolute Gasteiger partial charge is 0.154 e. The van der Waals surface area contributed by atoms with Gasteiger partial charge in [0.15, 0.2) is 5.67 Å². The molecule has 0 saturated heterocycles. The van der Waals surface area contributed by atoms with E-state index in [0.717, 1.165) is 11.1 Å². The monoisotopic (exact) mass is 239 g/mol. The number of hydrogen-bond acceptors (Lipinski definition) is 2. The summed E-state index contributed by atoms with van der Waals surface area (Å²) in [6.07, 6.45) is 0. The predicted octanol–water partition coefficient (Wildman–Crippen LogP) is 3.09. The Bertz CT molecular complexity index is 403. The first kappa shape index (κ1) is 14.0. The molecule has 0 aliphatic carbocycles. The molecule has 0 radical (unpaired) electrons. The molecule has 0 aromatic heterocycles. The van der Waals surface area contributed by atoms with E-state index in [2.05, 4.69) is 0 Å². The highest BCUT2D eigenvalue weighted by atomic mass is 19.1. The fraction of sp³-hybridized carbons (Fsp3) is 0.571. The van der Waals surface area contributed by atoms with Crippen LogP contribution in [0.2, 0.25) is 0 Å². The van der Waals surface area contributed by atoms with Crippen LogP contribution in [0.3, 0.4) is 0 Å². The zero-order valence-corrected chi connectivity index (χ0v) is 11.3. The molecule has 0 heterocycles. The molecule has 0 aliphatic heterocycles. The van der Waals surface area contributed by atoms with Crippen molar-refractivity contribution in [2.24, 2.45) is 11.7 Å². The largest absolute Gasteiger partial charge is 0.496 e. The van der Waals surface area contributed by atoms with Crippen LogP contribution in [0.15, 0.2) is 12.1 Å². The first-order valence-corrected chi connectivity index (χ1v) is 5.91. The highest BCUT2D eigenvalue weighted by molar-refractivity contribution is 5.47. The molecule has 1 rings (SSSR count). The normalized spacial score (nSPS) is 14.8. The molecule has 1 atom stereocenters. The minimum atomic E-state index is -1.54. The van der Waals surface area contributed by atoms with E-state index in [1.807, 2.05) is 39.8 Å². The Hall–Kier alpha value is -1.09. The minimum Gasteiger partial charge on any atom is -0.496 e. The fourth-order valence-electron chi connectivity index (χ4n) is 2.25. The summed E-state index contributed by atoms with van der Waals surface area (Å²) in [6.45, 7) is 7.51. The molecule has 0 bridgehead atoms. The molecule has 0 spiro atoms. The molecule has 0 fully saturated rings. The Kier molecular flexibility index (Phi) is 4.15. The van der Waals surface area contributed by atoms with Crippen molar-refractivity contribution in [3.63, 3.8) is 0 Å². The third-order valence-corrected chi connectivity index (χ3v) is 3.29. The average molecular weight is 239 g/mol. The van der Waals surface area contributed by atoms with Crippen molar-refractivity contribution in [1.29, 1.82) is 0 Å². The standard InChI is InChI=1S/C14H22FNO/c1-9(2)14(15,8-16)13-11(4)6-10(3)7-12(13)17-5/h6-7,9H,8,16H2,1-5H3. The molecule has 1 aromatic rings. The first-order valence-electron chi connectivity index (χ1n) is 5.91. The molecular weight excluding hydrogens is 217 g/mol. The zero-order valence-electron chi connectivity index (χ0n) is 11.3. The maximum absolute atomic E-state index is 15.0. The molecule has 0 amide bonds. The third-order valence-electron chi connectivity index (χ3n) is 3.29. The molecule has 1 aromatic carbocycles. The molecule has 2 nitrogen and oxygen atoms in total. The van der Waals surface area contributed by atoms with Crippen molar-refractivity contribution in [3.8, 4) is 5.75 Å². The van der Waals surface area contributed by atoms with Gasteiger partial charge in [-0.15, -0.1) is 0 Å². The van der Waals surface area contributed by atoms with Gasteiger partial charge in [0.25, 0.3) is 0 Å². The van der Waals surface area contributed by atoms with Crippen molar-refractivity contribution >= 4 is 0 Å². The van der Waals surface area contributed by atoms with Crippen LogP contribution in [0.5, 0.6) is 5.75 Å². The summed E-state index contributed by atoms with van der Waals surface area (Å²) in [6, 6.07) is 3.82. The zero-order chi connectivity index (χ0) is 13.2. The summed E-state index contributed by atoms with van der Waals surface area (Å²) in [5.41, 5.74) is 6.64. The van der Waals surface area contributed by atoms with Gasteiger partial charge in [0.2, 0.25) is 0 Å². The third kappa shape index (κ3) is 2.44. The molecular formula is C14H22FNO. The fourth-order valence-corrected chi connectivity index (χ4v) is 2.25. The summed E-state index contributed by atoms with van der Waals surface area (Å²) in [5.74, 6) is 0.395. The summed E-state index contributed by atoms with van der Waals surface area (Å²) < 4.78 is 20.3. The van der Waals surface area contributed by atoms with E-state index in [1.165, 1.54) is 0 Å². The number of halogens is 1. The number of methoxy groups -OCH3 is 1. The predicted molar refractivity (Wildman–Crippen MR) is 69.1 cm³/mol. The van der Waals surface area contributed by atoms with Gasteiger partial charge in [0, 0.05) is 12.1 Å². The second-order valence-corrected chi connectivity index (χ2v) is 4.88. The van der Waals surface area contributed by atoms with Gasteiger partial charge >= 0.3 is 0 Å². The van der Waals surface area contributed by atoms with Gasteiger partial charge in [0.05, 0.1) is 7.11 Å². The van der Waals surface area contributed by atoms with Crippen LogP contribution in [0.4, 0.5) is 4.39 Å². The summed E-state index contributed by atoms with van der Waals surface area (Å²) in [4.78, 5) is 0. The van der Waals surface area contributed by atoms with Crippen LogP contribution < -0.4 is 10.5 Å². The van der Waals surface area contributed by atoms with Crippen molar-refractivity contribution in [1.82, 2.24) is 0 Å². The van der Waals surface area contributed by atoms with Crippen molar-refractivity contribution in [2.45, 2.75) is 33.4 Å².